The van der Waals surface area contributed by atoms with E-state index in [1.54, 1.807) is 13.8 Å². The maximum absolute atomic E-state index is 11.4. The van der Waals surface area contributed by atoms with E-state index in [1.807, 2.05) is 12.1 Å². The quantitative estimate of drug-likeness (QED) is 0.752. The number of nitrogens with one attached hydrogen (secondary N) is 1. The summed E-state index contributed by atoms with van der Waals surface area (Å²) in [6, 6.07) is 3.83. The van der Waals surface area contributed by atoms with Crippen LogP contribution in [0.3, 0.4) is 0 Å². The third-order valence-corrected chi connectivity index (χ3v) is 6.10. The van der Waals surface area contributed by atoms with Gasteiger partial charge in [0.05, 0.1) is 21.0 Å². The average Bonchev–Trinajstić information content (AvgIpc) is 2.96. The number of hydrogen-bond acceptors (Lipinski definition) is 7. The molecule has 0 saturated heterocycles. The van der Waals surface area contributed by atoms with Gasteiger partial charge in [0.2, 0.25) is 10.0 Å². The third kappa shape index (κ3) is 3.18. The van der Waals surface area contributed by atoms with E-state index in [-0.39, 0.29) is 5.82 Å². The zero-order valence-corrected chi connectivity index (χ0v) is 15.1. The first-order chi connectivity index (χ1) is 10.1. The van der Waals surface area contributed by atoms with Gasteiger partial charge >= 0.3 is 0 Å². The van der Waals surface area contributed by atoms with Gasteiger partial charge in [-0.1, -0.05) is 16.8 Å². The van der Waals surface area contributed by atoms with E-state index in [2.05, 4.69) is 14.9 Å². The standard InChI is InChI=1S/C12H12ClN3O3S3/c1-12(2,16-22(3,17)18)11-14-10(19-15-11)8-4-6-7(20-8)5-9(13)21-6/h4-5,16H,1-3H3. The monoisotopic (exact) mass is 377 g/mol. The highest BCUT2D eigenvalue weighted by molar-refractivity contribution is 7.88. The van der Waals surface area contributed by atoms with Crippen LogP contribution in [-0.2, 0) is 15.6 Å². The lowest BCUT2D eigenvalue weighted by atomic mass is 10.1. The number of thiophene rings is 2. The lowest BCUT2D eigenvalue weighted by Crippen LogP contribution is -2.41. The molecule has 10 heteroatoms. The number of sulfonamides is 1. The Hall–Kier alpha value is -1.00. The van der Waals surface area contributed by atoms with Crippen LogP contribution in [-0.4, -0.2) is 24.8 Å². The predicted octanol–water partition coefficient (Wildman–Crippen LogP) is 3.45. The molecule has 3 heterocycles. The molecule has 118 valence electrons. The maximum Gasteiger partial charge on any atom is 0.268 e. The normalized spacial score (nSPS) is 13.1. The van der Waals surface area contributed by atoms with Crippen LogP contribution in [0.5, 0.6) is 0 Å². The fraction of sp³-hybridized carbons (Fsp3) is 0.333. The van der Waals surface area contributed by atoms with Crippen LogP contribution in [0.25, 0.3) is 20.2 Å². The fourth-order valence-electron chi connectivity index (χ4n) is 2.00. The molecule has 0 bridgehead atoms. The van der Waals surface area contributed by atoms with Gasteiger partial charge in [-0.3, -0.25) is 0 Å². The summed E-state index contributed by atoms with van der Waals surface area (Å²) in [6.07, 6.45) is 1.09. The van der Waals surface area contributed by atoms with Crippen LogP contribution in [0, 0.1) is 0 Å². The second-order valence-corrected chi connectivity index (χ2v) is 9.86. The van der Waals surface area contributed by atoms with Gasteiger partial charge in [0.15, 0.2) is 5.82 Å². The maximum atomic E-state index is 11.4. The first kappa shape index (κ1) is 15.9. The van der Waals surface area contributed by atoms with E-state index in [4.69, 9.17) is 16.1 Å². The predicted molar refractivity (Wildman–Crippen MR) is 89.0 cm³/mol. The van der Waals surface area contributed by atoms with Crippen molar-refractivity contribution in [3.63, 3.8) is 0 Å². The molecule has 1 N–H and O–H groups in total. The Morgan fingerprint density at radius 1 is 1.27 bits per heavy atom. The minimum absolute atomic E-state index is 0.280. The molecular weight excluding hydrogens is 366 g/mol. The van der Waals surface area contributed by atoms with Gasteiger partial charge in [0.25, 0.3) is 5.89 Å². The minimum Gasteiger partial charge on any atom is -0.333 e. The molecule has 0 amide bonds. The number of aromatic nitrogens is 2. The lowest BCUT2D eigenvalue weighted by Gasteiger charge is -2.20. The first-order valence-electron chi connectivity index (χ1n) is 6.16. The van der Waals surface area contributed by atoms with E-state index in [1.165, 1.54) is 22.7 Å². The fourth-order valence-corrected chi connectivity index (χ4v) is 5.48. The molecular formula is C12H12ClN3O3S3. The zero-order chi connectivity index (χ0) is 16.1. The van der Waals surface area contributed by atoms with E-state index in [0.29, 0.717) is 5.89 Å². The Morgan fingerprint density at radius 3 is 2.59 bits per heavy atom. The van der Waals surface area contributed by atoms with Gasteiger partial charge in [0, 0.05) is 9.40 Å². The molecule has 0 unspecified atom stereocenters. The van der Waals surface area contributed by atoms with Crippen molar-refractivity contribution in [1.29, 1.82) is 0 Å². The van der Waals surface area contributed by atoms with Crippen molar-refractivity contribution in [1.82, 2.24) is 14.9 Å². The summed E-state index contributed by atoms with van der Waals surface area (Å²) in [4.78, 5) is 5.14. The molecule has 0 atom stereocenters. The molecule has 0 aliphatic carbocycles. The third-order valence-electron chi connectivity index (χ3n) is 2.81. The molecule has 22 heavy (non-hydrogen) atoms. The van der Waals surface area contributed by atoms with Crippen LogP contribution in [0.15, 0.2) is 16.7 Å². The molecule has 3 rings (SSSR count). The smallest absolute Gasteiger partial charge is 0.268 e. The van der Waals surface area contributed by atoms with Crippen molar-refractivity contribution >= 4 is 53.7 Å². The van der Waals surface area contributed by atoms with Crippen molar-refractivity contribution in [3.05, 3.63) is 22.3 Å². The minimum atomic E-state index is -3.38. The Bertz CT molecular complexity index is 908. The van der Waals surface area contributed by atoms with Crippen LogP contribution < -0.4 is 4.72 Å². The molecule has 0 aliphatic heterocycles. The second kappa shape index (κ2) is 5.27. The highest BCUT2D eigenvalue weighted by Gasteiger charge is 2.30. The summed E-state index contributed by atoms with van der Waals surface area (Å²) in [5.41, 5.74) is -0.951. The summed E-state index contributed by atoms with van der Waals surface area (Å²) < 4.78 is 33.4. The van der Waals surface area contributed by atoms with Crippen molar-refractivity contribution in [2.24, 2.45) is 0 Å². The van der Waals surface area contributed by atoms with Crippen molar-refractivity contribution < 1.29 is 12.9 Å². The zero-order valence-electron chi connectivity index (χ0n) is 11.9. The SMILES string of the molecule is CC(C)(NS(C)(=O)=O)c1noc(-c2cc3sc(Cl)cc3s2)n1. The van der Waals surface area contributed by atoms with Gasteiger partial charge in [-0.05, 0) is 26.0 Å². The van der Waals surface area contributed by atoms with Gasteiger partial charge in [-0.25, -0.2) is 13.1 Å². The molecule has 0 fully saturated rings. The number of fused-ring (bicyclic) bond motifs is 1. The summed E-state index contributed by atoms with van der Waals surface area (Å²) in [5.74, 6) is 0.644. The molecule has 0 radical (unpaired) electrons. The summed E-state index contributed by atoms with van der Waals surface area (Å²) >= 11 is 8.94. The Balaban J connectivity index is 1.94. The molecule has 0 spiro atoms. The van der Waals surface area contributed by atoms with E-state index in [9.17, 15) is 8.42 Å². The lowest BCUT2D eigenvalue weighted by molar-refractivity contribution is 0.382. The number of halogens is 1. The molecule has 0 aliphatic rings. The van der Waals surface area contributed by atoms with Crippen LogP contribution in [0.4, 0.5) is 0 Å². The van der Waals surface area contributed by atoms with Crippen molar-refractivity contribution in [3.8, 4) is 10.8 Å². The van der Waals surface area contributed by atoms with Crippen LogP contribution in [0.1, 0.15) is 19.7 Å². The van der Waals surface area contributed by atoms with Gasteiger partial charge in [-0.15, -0.1) is 22.7 Å². The highest BCUT2D eigenvalue weighted by Crippen LogP contribution is 2.39. The highest BCUT2D eigenvalue weighted by atomic mass is 35.5. The molecule has 0 aromatic carbocycles. The van der Waals surface area contributed by atoms with E-state index in [0.717, 1.165) is 24.9 Å². The summed E-state index contributed by atoms with van der Waals surface area (Å²) in [7, 11) is -3.38. The van der Waals surface area contributed by atoms with Gasteiger partial charge < -0.3 is 4.52 Å². The molecule has 3 aromatic heterocycles. The number of nitrogens with zero attached hydrogens (tertiary/aromatic N) is 2. The van der Waals surface area contributed by atoms with Gasteiger partial charge in [-0.2, -0.15) is 4.98 Å². The number of hydrogen-bond donors (Lipinski definition) is 1. The average molecular weight is 378 g/mol. The second-order valence-electron chi connectivity index (χ2n) is 5.31. The Kier molecular flexibility index (Phi) is 3.81. The van der Waals surface area contributed by atoms with Crippen molar-refractivity contribution in [2.75, 3.05) is 6.26 Å². The topological polar surface area (TPSA) is 85.1 Å². The summed E-state index contributed by atoms with van der Waals surface area (Å²) in [6.45, 7) is 3.35. The summed E-state index contributed by atoms with van der Waals surface area (Å²) in [5, 5.41) is 3.89. The Labute approximate surface area is 140 Å². The van der Waals surface area contributed by atoms with Crippen molar-refractivity contribution in [2.45, 2.75) is 19.4 Å². The van der Waals surface area contributed by atoms with Gasteiger partial charge in [0.1, 0.15) is 0 Å². The molecule has 3 aromatic rings. The molecule has 0 saturated carbocycles. The molecule has 6 nitrogen and oxygen atoms in total. The van der Waals surface area contributed by atoms with E-state index < -0.39 is 15.6 Å². The first-order valence-corrected chi connectivity index (χ1v) is 10.1. The Morgan fingerprint density at radius 2 is 1.95 bits per heavy atom. The van der Waals surface area contributed by atoms with Crippen LogP contribution >= 0.6 is 34.3 Å². The van der Waals surface area contributed by atoms with Crippen LogP contribution in [0.2, 0.25) is 4.34 Å². The van der Waals surface area contributed by atoms with E-state index >= 15 is 0 Å². The number of rotatable bonds is 4. The largest absolute Gasteiger partial charge is 0.333 e.